The summed E-state index contributed by atoms with van der Waals surface area (Å²) >= 11 is 1.34. The molecule has 0 saturated heterocycles. The maximum absolute atomic E-state index is 10.8. The van der Waals surface area contributed by atoms with Crippen LogP contribution in [-0.2, 0) is 13.0 Å². The lowest BCUT2D eigenvalue weighted by atomic mass is 10.1. The fraction of sp³-hybridized carbons (Fsp3) is 0.444. The predicted octanol–water partition coefficient (Wildman–Crippen LogP) is 1.48. The zero-order valence-corrected chi connectivity index (χ0v) is 7.99. The van der Waals surface area contributed by atoms with Gasteiger partial charge in [-0.3, -0.25) is 0 Å². The van der Waals surface area contributed by atoms with Crippen LogP contribution in [0.5, 0.6) is 0 Å². The van der Waals surface area contributed by atoms with Crippen LogP contribution >= 0.6 is 11.3 Å². The van der Waals surface area contributed by atoms with Gasteiger partial charge < -0.3 is 10.4 Å². The second kappa shape index (κ2) is 3.47. The Hall–Kier alpha value is -0.870. The number of rotatable bonds is 1. The standard InChI is InChI=1S/C9H11NO2S/c11-9(12)8-7-2-1-3-10-4-6(7)5-13-8/h5,10H,1-4H2,(H,11,12). The lowest BCUT2D eigenvalue weighted by Gasteiger charge is -1.98. The summed E-state index contributed by atoms with van der Waals surface area (Å²) in [5.74, 6) is -0.784. The van der Waals surface area contributed by atoms with Crippen molar-refractivity contribution >= 4 is 17.3 Å². The molecule has 70 valence electrons. The summed E-state index contributed by atoms with van der Waals surface area (Å²) in [6.07, 6.45) is 1.93. The van der Waals surface area contributed by atoms with Crippen molar-refractivity contribution in [1.82, 2.24) is 5.32 Å². The van der Waals surface area contributed by atoms with Crippen LogP contribution in [-0.4, -0.2) is 17.6 Å². The van der Waals surface area contributed by atoms with Gasteiger partial charge in [-0.2, -0.15) is 0 Å². The van der Waals surface area contributed by atoms with E-state index < -0.39 is 5.97 Å². The van der Waals surface area contributed by atoms with Crippen molar-refractivity contribution in [3.05, 3.63) is 21.4 Å². The molecule has 0 atom stereocenters. The van der Waals surface area contributed by atoms with Crippen LogP contribution in [0.25, 0.3) is 0 Å². The van der Waals surface area contributed by atoms with Crippen LogP contribution < -0.4 is 5.32 Å². The molecular weight excluding hydrogens is 186 g/mol. The SMILES string of the molecule is O=C(O)c1scc2c1CCCNC2. The topological polar surface area (TPSA) is 49.3 Å². The maximum Gasteiger partial charge on any atom is 0.346 e. The maximum atomic E-state index is 10.8. The van der Waals surface area contributed by atoms with Crippen molar-refractivity contribution in [1.29, 1.82) is 0 Å². The van der Waals surface area contributed by atoms with Gasteiger partial charge in [0.1, 0.15) is 4.88 Å². The Labute approximate surface area is 80.4 Å². The van der Waals surface area contributed by atoms with Crippen molar-refractivity contribution in [2.75, 3.05) is 6.54 Å². The zero-order chi connectivity index (χ0) is 9.26. The largest absolute Gasteiger partial charge is 0.477 e. The number of carbonyl (C=O) groups is 1. The van der Waals surface area contributed by atoms with Gasteiger partial charge in [0.2, 0.25) is 0 Å². The van der Waals surface area contributed by atoms with Gasteiger partial charge in [-0.15, -0.1) is 11.3 Å². The minimum absolute atomic E-state index is 0.527. The van der Waals surface area contributed by atoms with Crippen LogP contribution in [0, 0.1) is 0 Å². The summed E-state index contributed by atoms with van der Waals surface area (Å²) in [5.41, 5.74) is 2.21. The third kappa shape index (κ3) is 1.59. The van der Waals surface area contributed by atoms with Crippen LogP contribution in [0.4, 0.5) is 0 Å². The number of aromatic carboxylic acids is 1. The Kier molecular flexibility index (Phi) is 2.33. The first kappa shape index (κ1) is 8.72. The average molecular weight is 197 g/mol. The molecule has 4 heteroatoms. The molecule has 0 radical (unpaired) electrons. The van der Waals surface area contributed by atoms with E-state index in [9.17, 15) is 4.79 Å². The van der Waals surface area contributed by atoms with Crippen molar-refractivity contribution in [3.63, 3.8) is 0 Å². The lowest BCUT2D eigenvalue weighted by molar-refractivity contribution is 0.0701. The molecule has 0 aliphatic carbocycles. The molecule has 0 aromatic carbocycles. The molecule has 0 amide bonds. The van der Waals surface area contributed by atoms with Gasteiger partial charge in [-0.25, -0.2) is 4.79 Å². The van der Waals surface area contributed by atoms with Crippen LogP contribution in [0.15, 0.2) is 5.38 Å². The summed E-state index contributed by atoms with van der Waals surface area (Å²) in [4.78, 5) is 11.4. The minimum atomic E-state index is -0.784. The Morgan fingerprint density at radius 2 is 2.46 bits per heavy atom. The number of nitrogens with one attached hydrogen (secondary N) is 1. The Morgan fingerprint density at radius 1 is 1.62 bits per heavy atom. The quantitative estimate of drug-likeness (QED) is 0.717. The fourth-order valence-electron chi connectivity index (χ4n) is 1.63. The number of hydrogen-bond acceptors (Lipinski definition) is 3. The lowest BCUT2D eigenvalue weighted by Crippen LogP contribution is -2.11. The van der Waals surface area contributed by atoms with Gasteiger partial charge in [0, 0.05) is 6.54 Å². The molecule has 0 spiro atoms. The van der Waals surface area contributed by atoms with Gasteiger partial charge in [-0.05, 0) is 35.9 Å². The molecule has 2 rings (SSSR count). The number of thiophene rings is 1. The molecule has 1 aliphatic rings. The smallest absolute Gasteiger partial charge is 0.346 e. The summed E-state index contributed by atoms with van der Waals surface area (Å²) < 4.78 is 0. The molecule has 0 saturated carbocycles. The Bertz CT molecular complexity index is 332. The first-order valence-electron chi connectivity index (χ1n) is 4.32. The van der Waals surface area contributed by atoms with Crippen molar-refractivity contribution in [3.8, 4) is 0 Å². The molecule has 1 aromatic rings. The predicted molar refractivity (Wildman–Crippen MR) is 51.3 cm³/mol. The number of carboxylic acid groups (broad SMARTS) is 1. The monoisotopic (exact) mass is 197 g/mol. The van der Waals surface area contributed by atoms with Gasteiger partial charge in [0.05, 0.1) is 0 Å². The van der Waals surface area contributed by atoms with Gasteiger partial charge in [0.15, 0.2) is 0 Å². The van der Waals surface area contributed by atoms with E-state index in [1.165, 1.54) is 16.9 Å². The normalized spacial score (nSPS) is 16.3. The molecule has 13 heavy (non-hydrogen) atoms. The number of hydrogen-bond donors (Lipinski definition) is 2. The summed E-state index contributed by atoms with van der Waals surface area (Å²) in [7, 11) is 0. The molecule has 0 fully saturated rings. The van der Waals surface area contributed by atoms with E-state index in [0.29, 0.717) is 4.88 Å². The minimum Gasteiger partial charge on any atom is -0.477 e. The Morgan fingerprint density at radius 3 is 3.23 bits per heavy atom. The van der Waals surface area contributed by atoms with E-state index in [2.05, 4.69) is 5.32 Å². The first-order chi connectivity index (χ1) is 6.29. The molecule has 2 N–H and O–H groups in total. The van der Waals surface area contributed by atoms with Crippen LogP contribution in [0.3, 0.4) is 0 Å². The van der Waals surface area contributed by atoms with Crippen LogP contribution in [0.1, 0.15) is 27.2 Å². The zero-order valence-electron chi connectivity index (χ0n) is 7.17. The van der Waals surface area contributed by atoms with E-state index in [0.717, 1.165) is 31.5 Å². The summed E-state index contributed by atoms with van der Waals surface area (Å²) in [6.45, 7) is 1.80. The highest BCUT2D eigenvalue weighted by Gasteiger charge is 2.17. The van der Waals surface area contributed by atoms with Gasteiger partial charge in [-0.1, -0.05) is 0 Å². The third-order valence-electron chi connectivity index (χ3n) is 2.27. The number of carboxylic acids is 1. The second-order valence-corrected chi connectivity index (χ2v) is 4.03. The van der Waals surface area contributed by atoms with E-state index >= 15 is 0 Å². The van der Waals surface area contributed by atoms with E-state index in [1.807, 2.05) is 5.38 Å². The molecule has 0 bridgehead atoms. The van der Waals surface area contributed by atoms with Crippen molar-refractivity contribution < 1.29 is 9.90 Å². The molecule has 3 nitrogen and oxygen atoms in total. The highest BCUT2D eigenvalue weighted by atomic mass is 32.1. The molecular formula is C9H11NO2S. The van der Waals surface area contributed by atoms with Gasteiger partial charge in [0.25, 0.3) is 0 Å². The molecule has 2 heterocycles. The van der Waals surface area contributed by atoms with Gasteiger partial charge >= 0.3 is 5.97 Å². The Balaban J connectivity index is 2.39. The number of fused-ring (bicyclic) bond motifs is 1. The average Bonchev–Trinajstić information content (AvgIpc) is 2.36. The summed E-state index contributed by atoms with van der Waals surface area (Å²) in [6, 6.07) is 0. The highest BCUT2D eigenvalue weighted by Crippen LogP contribution is 2.25. The second-order valence-electron chi connectivity index (χ2n) is 3.15. The highest BCUT2D eigenvalue weighted by molar-refractivity contribution is 7.12. The van der Waals surface area contributed by atoms with Crippen LogP contribution in [0.2, 0.25) is 0 Å². The third-order valence-corrected chi connectivity index (χ3v) is 3.33. The fourth-order valence-corrected chi connectivity index (χ4v) is 2.60. The molecule has 1 aliphatic heterocycles. The van der Waals surface area contributed by atoms with Crippen molar-refractivity contribution in [2.24, 2.45) is 0 Å². The first-order valence-corrected chi connectivity index (χ1v) is 5.20. The molecule has 1 aromatic heterocycles. The van der Waals surface area contributed by atoms with E-state index in [-0.39, 0.29) is 0 Å². The summed E-state index contributed by atoms with van der Waals surface area (Å²) in [5, 5.41) is 14.1. The molecule has 0 unspecified atom stereocenters. The van der Waals surface area contributed by atoms with Crippen molar-refractivity contribution in [2.45, 2.75) is 19.4 Å². The van der Waals surface area contributed by atoms with E-state index in [1.54, 1.807) is 0 Å². The van der Waals surface area contributed by atoms with E-state index in [4.69, 9.17) is 5.11 Å².